The van der Waals surface area contributed by atoms with Crippen LogP contribution < -0.4 is 5.32 Å². The molecule has 3 nitrogen and oxygen atoms in total. The van der Waals surface area contributed by atoms with Gasteiger partial charge in [-0.25, -0.2) is 4.39 Å². The molecule has 0 aromatic heterocycles. The molecule has 1 atom stereocenters. The van der Waals surface area contributed by atoms with Crippen molar-refractivity contribution in [2.75, 3.05) is 26.2 Å². The Morgan fingerprint density at radius 1 is 1.42 bits per heavy atom. The Labute approximate surface area is 118 Å². The Kier molecular flexibility index (Phi) is 5.02. The molecule has 0 aliphatic carbocycles. The minimum absolute atomic E-state index is 0.0281. The Bertz CT molecular complexity index is 436. The van der Waals surface area contributed by atoms with Gasteiger partial charge in [-0.05, 0) is 18.6 Å². The lowest BCUT2D eigenvalue weighted by Crippen LogP contribution is -2.45. The summed E-state index contributed by atoms with van der Waals surface area (Å²) in [7, 11) is 0. The number of rotatable bonds is 4. The molecule has 0 radical (unpaired) electrons. The summed E-state index contributed by atoms with van der Waals surface area (Å²) in [6.07, 6.45) is 1.86. The van der Waals surface area contributed by atoms with Crippen molar-refractivity contribution in [3.8, 4) is 5.75 Å². The van der Waals surface area contributed by atoms with Crippen molar-refractivity contribution in [1.29, 1.82) is 0 Å². The van der Waals surface area contributed by atoms with Crippen LogP contribution in [0, 0.1) is 5.82 Å². The zero-order chi connectivity index (χ0) is 13.8. The number of halogens is 2. The zero-order valence-corrected chi connectivity index (χ0v) is 11.9. The predicted octanol–water partition coefficient (Wildman–Crippen LogP) is 2.93. The van der Waals surface area contributed by atoms with Crippen molar-refractivity contribution < 1.29 is 9.50 Å². The first-order chi connectivity index (χ1) is 9.13. The van der Waals surface area contributed by atoms with E-state index in [2.05, 4.69) is 17.1 Å². The quantitative estimate of drug-likeness (QED) is 0.893. The minimum atomic E-state index is -0.640. The number of phenolic OH excluding ortho intramolecular Hbond substituents is 1. The number of hydrogen-bond acceptors (Lipinski definition) is 3. The van der Waals surface area contributed by atoms with E-state index in [9.17, 15) is 9.50 Å². The maximum atomic E-state index is 13.6. The van der Waals surface area contributed by atoms with Crippen LogP contribution in [0.25, 0.3) is 0 Å². The summed E-state index contributed by atoms with van der Waals surface area (Å²) in [5.74, 6) is -0.903. The fraction of sp³-hybridized carbons (Fsp3) is 0.571. The highest BCUT2D eigenvalue weighted by molar-refractivity contribution is 6.30. The van der Waals surface area contributed by atoms with Gasteiger partial charge in [0.05, 0.1) is 0 Å². The second-order valence-electron chi connectivity index (χ2n) is 4.92. The summed E-state index contributed by atoms with van der Waals surface area (Å²) in [4.78, 5) is 2.28. The molecule has 1 aromatic rings. The number of aromatic hydroxyl groups is 1. The highest BCUT2D eigenvalue weighted by Gasteiger charge is 2.25. The molecule has 0 saturated carbocycles. The molecule has 0 bridgehead atoms. The van der Waals surface area contributed by atoms with E-state index in [0.717, 1.165) is 45.1 Å². The Morgan fingerprint density at radius 3 is 2.74 bits per heavy atom. The molecule has 0 spiro atoms. The summed E-state index contributed by atoms with van der Waals surface area (Å²) in [5, 5.41) is 13.6. The SMILES string of the molecule is CCC[C@H](c1cc(Cl)cc(F)c1O)N1CCNCC1. The fourth-order valence-corrected chi connectivity index (χ4v) is 2.86. The first kappa shape index (κ1) is 14.6. The van der Waals surface area contributed by atoms with E-state index in [-0.39, 0.29) is 11.8 Å². The lowest BCUT2D eigenvalue weighted by atomic mass is 9.98. The average Bonchev–Trinajstić information content (AvgIpc) is 2.41. The van der Waals surface area contributed by atoms with Crippen molar-refractivity contribution in [2.45, 2.75) is 25.8 Å². The molecule has 2 N–H and O–H groups in total. The van der Waals surface area contributed by atoms with E-state index in [1.807, 2.05) is 0 Å². The van der Waals surface area contributed by atoms with Crippen LogP contribution in [-0.4, -0.2) is 36.2 Å². The molecule has 5 heteroatoms. The van der Waals surface area contributed by atoms with E-state index in [0.29, 0.717) is 10.6 Å². The summed E-state index contributed by atoms with van der Waals surface area (Å²) < 4.78 is 13.6. The third kappa shape index (κ3) is 3.38. The molecule has 1 saturated heterocycles. The standard InChI is InChI=1S/C14H20ClFN2O/c1-2-3-13(18-6-4-17-5-7-18)11-8-10(15)9-12(16)14(11)19/h8-9,13,17,19H,2-7H2,1H3/t13-/m1/s1. The van der Waals surface area contributed by atoms with Crippen LogP contribution in [0.1, 0.15) is 31.4 Å². The van der Waals surface area contributed by atoms with Gasteiger partial charge in [0.15, 0.2) is 11.6 Å². The summed E-state index contributed by atoms with van der Waals surface area (Å²) >= 11 is 5.92. The van der Waals surface area contributed by atoms with Crippen LogP contribution in [0.4, 0.5) is 4.39 Å². The van der Waals surface area contributed by atoms with Crippen LogP contribution >= 0.6 is 11.6 Å². The second-order valence-corrected chi connectivity index (χ2v) is 5.35. The Hall–Kier alpha value is -0.840. The van der Waals surface area contributed by atoms with Gasteiger partial charge in [-0.3, -0.25) is 4.90 Å². The summed E-state index contributed by atoms with van der Waals surface area (Å²) in [6.45, 7) is 5.73. The maximum absolute atomic E-state index is 13.6. The van der Waals surface area contributed by atoms with Crippen molar-refractivity contribution >= 4 is 11.6 Å². The monoisotopic (exact) mass is 286 g/mol. The average molecular weight is 287 g/mol. The molecular formula is C14H20ClFN2O. The van der Waals surface area contributed by atoms with Gasteiger partial charge in [0.25, 0.3) is 0 Å². The number of benzene rings is 1. The van der Waals surface area contributed by atoms with E-state index in [4.69, 9.17) is 11.6 Å². The van der Waals surface area contributed by atoms with E-state index >= 15 is 0 Å². The summed E-state index contributed by atoms with van der Waals surface area (Å²) in [5.41, 5.74) is 0.605. The molecule has 1 aliphatic rings. The largest absolute Gasteiger partial charge is 0.505 e. The summed E-state index contributed by atoms with van der Waals surface area (Å²) in [6, 6.07) is 2.86. The van der Waals surface area contributed by atoms with Gasteiger partial charge >= 0.3 is 0 Å². The molecular weight excluding hydrogens is 267 g/mol. The number of hydrogen-bond donors (Lipinski definition) is 2. The molecule has 0 unspecified atom stereocenters. The van der Waals surface area contributed by atoms with Gasteiger partial charge < -0.3 is 10.4 Å². The number of nitrogens with one attached hydrogen (secondary N) is 1. The number of nitrogens with zero attached hydrogens (tertiary/aromatic N) is 1. The van der Waals surface area contributed by atoms with Crippen molar-refractivity contribution in [3.05, 3.63) is 28.5 Å². The van der Waals surface area contributed by atoms with E-state index < -0.39 is 5.82 Å². The normalized spacial score (nSPS) is 18.5. The lowest BCUT2D eigenvalue weighted by molar-refractivity contribution is 0.161. The number of piperazine rings is 1. The van der Waals surface area contributed by atoms with Crippen LogP contribution in [0.3, 0.4) is 0 Å². The first-order valence-electron chi connectivity index (χ1n) is 6.76. The predicted molar refractivity (Wildman–Crippen MR) is 75.2 cm³/mol. The van der Waals surface area contributed by atoms with Gasteiger partial charge in [0.2, 0.25) is 0 Å². The van der Waals surface area contributed by atoms with Crippen LogP contribution in [0.15, 0.2) is 12.1 Å². The Balaban J connectivity index is 2.32. The first-order valence-corrected chi connectivity index (χ1v) is 7.14. The topological polar surface area (TPSA) is 35.5 Å². The lowest BCUT2D eigenvalue weighted by Gasteiger charge is -2.35. The van der Waals surface area contributed by atoms with Crippen molar-refractivity contribution in [3.63, 3.8) is 0 Å². The third-order valence-electron chi connectivity index (χ3n) is 3.57. The Morgan fingerprint density at radius 2 is 2.11 bits per heavy atom. The fourth-order valence-electron chi connectivity index (χ4n) is 2.64. The third-order valence-corrected chi connectivity index (χ3v) is 3.79. The van der Waals surface area contributed by atoms with Gasteiger partial charge in [-0.15, -0.1) is 0 Å². The maximum Gasteiger partial charge on any atom is 0.166 e. The van der Waals surface area contributed by atoms with Crippen molar-refractivity contribution in [1.82, 2.24) is 10.2 Å². The molecule has 0 amide bonds. The molecule has 19 heavy (non-hydrogen) atoms. The van der Waals surface area contributed by atoms with Gasteiger partial charge in [0, 0.05) is 42.8 Å². The van der Waals surface area contributed by atoms with Gasteiger partial charge in [-0.2, -0.15) is 0 Å². The van der Waals surface area contributed by atoms with E-state index in [1.54, 1.807) is 6.07 Å². The second kappa shape index (κ2) is 6.55. The molecule has 2 rings (SSSR count). The zero-order valence-electron chi connectivity index (χ0n) is 11.1. The molecule has 106 valence electrons. The van der Waals surface area contributed by atoms with Gasteiger partial charge in [0.1, 0.15) is 0 Å². The molecule has 1 aliphatic heterocycles. The molecule has 1 aromatic carbocycles. The minimum Gasteiger partial charge on any atom is -0.505 e. The molecule has 1 heterocycles. The van der Waals surface area contributed by atoms with Crippen LogP contribution in [0.5, 0.6) is 5.75 Å². The van der Waals surface area contributed by atoms with Crippen LogP contribution in [0.2, 0.25) is 5.02 Å². The van der Waals surface area contributed by atoms with Crippen LogP contribution in [-0.2, 0) is 0 Å². The van der Waals surface area contributed by atoms with E-state index in [1.165, 1.54) is 0 Å². The highest BCUT2D eigenvalue weighted by Crippen LogP contribution is 2.36. The molecule has 1 fully saturated rings. The van der Waals surface area contributed by atoms with Gasteiger partial charge in [-0.1, -0.05) is 24.9 Å². The number of phenols is 1. The highest BCUT2D eigenvalue weighted by atomic mass is 35.5. The van der Waals surface area contributed by atoms with Crippen molar-refractivity contribution in [2.24, 2.45) is 0 Å². The smallest absolute Gasteiger partial charge is 0.166 e.